The summed E-state index contributed by atoms with van der Waals surface area (Å²) in [7, 11) is 1.66. The molecule has 3 rings (SSSR count). The van der Waals surface area contributed by atoms with E-state index in [4.69, 9.17) is 9.15 Å². The SMILES string of the molecule is COc1ccc(C=Cc2nc3cc(C)ccc3o2)cc1. The van der Waals surface area contributed by atoms with Crippen LogP contribution in [-0.2, 0) is 0 Å². The fourth-order valence-corrected chi connectivity index (χ4v) is 2.01. The van der Waals surface area contributed by atoms with Gasteiger partial charge in [-0.1, -0.05) is 18.2 Å². The van der Waals surface area contributed by atoms with E-state index in [1.54, 1.807) is 7.11 Å². The Morgan fingerprint density at radius 1 is 1.05 bits per heavy atom. The van der Waals surface area contributed by atoms with Gasteiger partial charge in [0.2, 0.25) is 5.89 Å². The topological polar surface area (TPSA) is 35.3 Å². The van der Waals surface area contributed by atoms with Gasteiger partial charge in [0.1, 0.15) is 11.3 Å². The van der Waals surface area contributed by atoms with Crippen LogP contribution < -0.4 is 4.74 Å². The van der Waals surface area contributed by atoms with E-state index >= 15 is 0 Å². The van der Waals surface area contributed by atoms with Crippen LogP contribution in [0.25, 0.3) is 23.3 Å². The predicted octanol–water partition coefficient (Wildman–Crippen LogP) is 4.32. The fourth-order valence-electron chi connectivity index (χ4n) is 2.01. The quantitative estimate of drug-likeness (QED) is 0.707. The molecule has 100 valence electrons. The summed E-state index contributed by atoms with van der Waals surface area (Å²) in [6.07, 6.45) is 3.84. The van der Waals surface area contributed by atoms with Gasteiger partial charge in [-0.25, -0.2) is 4.98 Å². The molecule has 0 amide bonds. The van der Waals surface area contributed by atoms with Crippen molar-refractivity contribution in [1.82, 2.24) is 4.98 Å². The minimum Gasteiger partial charge on any atom is -0.497 e. The first-order valence-corrected chi connectivity index (χ1v) is 6.44. The smallest absolute Gasteiger partial charge is 0.220 e. The Morgan fingerprint density at radius 3 is 2.60 bits per heavy atom. The number of aryl methyl sites for hydroxylation is 1. The zero-order valence-corrected chi connectivity index (χ0v) is 11.5. The third kappa shape index (κ3) is 2.57. The molecule has 0 aliphatic carbocycles. The first-order valence-electron chi connectivity index (χ1n) is 6.44. The maximum Gasteiger partial charge on any atom is 0.220 e. The molecule has 0 aliphatic rings. The predicted molar refractivity (Wildman–Crippen MR) is 80.7 cm³/mol. The van der Waals surface area contributed by atoms with Crippen LogP contribution in [0.15, 0.2) is 46.9 Å². The van der Waals surface area contributed by atoms with Gasteiger partial charge in [0, 0.05) is 6.08 Å². The Balaban J connectivity index is 1.85. The molecule has 1 aromatic heterocycles. The summed E-state index contributed by atoms with van der Waals surface area (Å²) in [4.78, 5) is 4.44. The van der Waals surface area contributed by atoms with E-state index in [0.29, 0.717) is 5.89 Å². The van der Waals surface area contributed by atoms with Crippen molar-refractivity contribution in [2.75, 3.05) is 7.11 Å². The van der Waals surface area contributed by atoms with Crippen molar-refractivity contribution >= 4 is 23.3 Å². The summed E-state index contributed by atoms with van der Waals surface area (Å²) >= 11 is 0. The number of oxazole rings is 1. The van der Waals surface area contributed by atoms with E-state index in [-0.39, 0.29) is 0 Å². The van der Waals surface area contributed by atoms with Crippen LogP contribution in [0.2, 0.25) is 0 Å². The van der Waals surface area contributed by atoms with Gasteiger partial charge in [-0.3, -0.25) is 0 Å². The van der Waals surface area contributed by atoms with Crippen molar-refractivity contribution in [1.29, 1.82) is 0 Å². The van der Waals surface area contributed by atoms with Gasteiger partial charge in [-0.2, -0.15) is 0 Å². The summed E-state index contributed by atoms with van der Waals surface area (Å²) in [6, 6.07) is 13.8. The number of nitrogens with zero attached hydrogens (tertiary/aromatic N) is 1. The van der Waals surface area contributed by atoms with E-state index in [2.05, 4.69) is 4.98 Å². The number of hydrogen-bond donors (Lipinski definition) is 0. The highest BCUT2D eigenvalue weighted by Crippen LogP contribution is 2.19. The zero-order valence-electron chi connectivity index (χ0n) is 11.5. The second kappa shape index (κ2) is 5.21. The van der Waals surface area contributed by atoms with Crippen molar-refractivity contribution in [2.24, 2.45) is 0 Å². The Hall–Kier alpha value is -2.55. The molecule has 0 spiro atoms. The lowest BCUT2D eigenvalue weighted by Gasteiger charge is -1.98. The summed E-state index contributed by atoms with van der Waals surface area (Å²) in [5.41, 5.74) is 3.95. The summed E-state index contributed by atoms with van der Waals surface area (Å²) in [6.45, 7) is 2.04. The Morgan fingerprint density at radius 2 is 1.85 bits per heavy atom. The molecule has 20 heavy (non-hydrogen) atoms. The average molecular weight is 265 g/mol. The Bertz CT molecular complexity index is 754. The molecule has 0 atom stereocenters. The van der Waals surface area contributed by atoms with E-state index in [0.717, 1.165) is 22.4 Å². The van der Waals surface area contributed by atoms with Crippen molar-refractivity contribution in [3.8, 4) is 5.75 Å². The van der Waals surface area contributed by atoms with E-state index in [1.165, 1.54) is 5.56 Å². The van der Waals surface area contributed by atoms with Crippen LogP contribution in [0.1, 0.15) is 17.0 Å². The Kier molecular flexibility index (Phi) is 3.25. The van der Waals surface area contributed by atoms with Gasteiger partial charge >= 0.3 is 0 Å². The molecule has 0 saturated heterocycles. The van der Waals surface area contributed by atoms with Gasteiger partial charge in [-0.15, -0.1) is 0 Å². The highest BCUT2D eigenvalue weighted by atomic mass is 16.5. The molecular formula is C17H15NO2. The minimum atomic E-state index is 0.612. The standard InChI is InChI=1S/C17H15NO2/c1-12-3-9-16-15(11-12)18-17(20-16)10-6-13-4-7-14(19-2)8-5-13/h3-11H,1-2H3. The average Bonchev–Trinajstić information content (AvgIpc) is 2.87. The van der Waals surface area contributed by atoms with Crippen LogP contribution in [-0.4, -0.2) is 12.1 Å². The molecule has 3 nitrogen and oxygen atoms in total. The van der Waals surface area contributed by atoms with Gasteiger partial charge in [0.25, 0.3) is 0 Å². The maximum absolute atomic E-state index is 5.67. The molecule has 2 aromatic carbocycles. The van der Waals surface area contributed by atoms with Crippen molar-refractivity contribution in [2.45, 2.75) is 6.92 Å². The van der Waals surface area contributed by atoms with Crippen LogP contribution in [0.3, 0.4) is 0 Å². The maximum atomic E-state index is 5.67. The first kappa shape index (κ1) is 12.5. The molecule has 0 aliphatic heterocycles. The number of aromatic nitrogens is 1. The van der Waals surface area contributed by atoms with Gasteiger partial charge in [0.05, 0.1) is 7.11 Å². The summed E-state index contributed by atoms with van der Waals surface area (Å²) in [5, 5.41) is 0. The largest absolute Gasteiger partial charge is 0.497 e. The van der Waals surface area contributed by atoms with E-state index in [1.807, 2.05) is 61.5 Å². The molecule has 0 fully saturated rings. The van der Waals surface area contributed by atoms with Crippen molar-refractivity contribution in [3.05, 3.63) is 59.5 Å². The third-order valence-electron chi connectivity index (χ3n) is 3.09. The van der Waals surface area contributed by atoms with Crippen LogP contribution in [0, 0.1) is 6.92 Å². The van der Waals surface area contributed by atoms with Gasteiger partial charge in [0.15, 0.2) is 5.58 Å². The van der Waals surface area contributed by atoms with E-state index < -0.39 is 0 Å². The number of rotatable bonds is 3. The number of methoxy groups -OCH3 is 1. The lowest BCUT2D eigenvalue weighted by atomic mass is 10.2. The van der Waals surface area contributed by atoms with Crippen LogP contribution >= 0.6 is 0 Å². The fraction of sp³-hybridized carbons (Fsp3) is 0.118. The lowest BCUT2D eigenvalue weighted by Crippen LogP contribution is -1.81. The van der Waals surface area contributed by atoms with Crippen LogP contribution in [0.5, 0.6) is 5.75 Å². The van der Waals surface area contributed by atoms with E-state index in [9.17, 15) is 0 Å². The highest BCUT2D eigenvalue weighted by Gasteiger charge is 2.02. The molecule has 0 radical (unpaired) electrons. The number of ether oxygens (including phenoxy) is 1. The van der Waals surface area contributed by atoms with Crippen LogP contribution in [0.4, 0.5) is 0 Å². The Labute approximate surface area is 117 Å². The summed E-state index contributed by atoms with van der Waals surface area (Å²) in [5.74, 6) is 1.46. The van der Waals surface area contributed by atoms with Gasteiger partial charge < -0.3 is 9.15 Å². The number of fused-ring (bicyclic) bond motifs is 1. The summed E-state index contributed by atoms with van der Waals surface area (Å²) < 4.78 is 10.8. The third-order valence-corrected chi connectivity index (χ3v) is 3.09. The molecule has 0 bridgehead atoms. The molecule has 0 unspecified atom stereocenters. The molecule has 0 saturated carbocycles. The normalized spacial score (nSPS) is 11.3. The van der Waals surface area contributed by atoms with Gasteiger partial charge in [-0.05, 0) is 48.4 Å². The minimum absolute atomic E-state index is 0.612. The van der Waals surface area contributed by atoms with Crippen molar-refractivity contribution in [3.63, 3.8) is 0 Å². The molecular weight excluding hydrogens is 250 g/mol. The molecule has 1 heterocycles. The lowest BCUT2D eigenvalue weighted by molar-refractivity contribution is 0.415. The molecule has 3 heteroatoms. The second-order valence-electron chi connectivity index (χ2n) is 4.63. The molecule has 0 N–H and O–H groups in total. The monoisotopic (exact) mass is 265 g/mol. The first-order chi connectivity index (χ1) is 9.74. The highest BCUT2D eigenvalue weighted by molar-refractivity contribution is 5.76. The number of benzene rings is 2. The zero-order chi connectivity index (χ0) is 13.9. The number of hydrogen-bond acceptors (Lipinski definition) is 3. The second-order valence-corrected chi connectivity index (χ2v) is 4.63. The molecule has 3 aromatic rings. The van der Waals surface area contributed by atoms with Crippen molar-refractivity contribution < 1.29 is 9.15 Å².